The molecule has 2 bridgehead atoms. The number of nitrogens with one attached hydrogen (secondary N) is 3. The molecule has 2 aliphatic carbocycles. The molecular formula is C18H23N3O3S. The SMILES string of the molecule is O=C(CC1CC2CCC1C2)NNC(=S)NCc1ccc2c(c1)OCO2. The maximum Gasteiger partial charge on any atom is 0.238 e. The van der Waals surface area contributed by atoms with Crippen LogP contribution in [0.1, 0.15) is 37.7 Å². The lowest BCUT2D eigenvalue weighted by molar-refractivity contribution is -0.122. The summed E-state index contributed by atoms with van der Waals surface area (Å²) in [5.41, 5.74) is 6.53. The summed E-state index contributed by atoms with van der Waals surface area (Å²) in [6, 6.07) is 5.76. The van der Waals surface area contributed by atoms with Crippen LogP contribution in [0.15, 0.2) is 18.2 Å². The average molecular weight is 361 g/mol. The Balaban J connectivity index is 1.17. The second kappa shape index (κ2) is 7.07. The Morgan fingerprint density at radius 2 is 2.04 bits per heavy atom. The van der Waals surface area contributed by atoms with Crippen molar-refractivity contribution in [3.05, 3.63) is 23.8 Å². The quantitative estimate of drug-likeness (QED) is 0.564. The minimum atomic E-state index is 0.0183. The van der Waals surface area contributed by atoms with Crippen molar-refractivity contribution in [1.82, 2.24) is 16.2 Å². The van der Waals surface area contributed by atoms with Gasteiger partial charge in [-0.1, -0.05) is 12.5 Å². The van der Waals surface area contributed by atoms with Crippen molar-refractivity contribution in [3.8, 4) is 11.5 Å². The van der Waals surface area contributed by atoms with E-state index in [1.807, 2.05) is 18.2 Å². The molecule has 4 rings (SSSR count). The second-order valence-corrected chi connectivity index (χ2v) is 7.59. The molecule has 3 aliphatic rings. The van der Waals surface area contributed by atoms with E-state index in [0.29, 0.717) is 24.0 Å². The van der Waals surface area contributed by atoms with E-state index in [1.54, 1.807) is 0 Å². The van der Waals surface area contributed by atoms with Crippen molar-refractivity contribution in [2.75, 3.05) is 6.79 Å². The molecule has 0 aromatic heterocycles. The third-order valence-electron chi connectivity index (χ3n) is 5.54. The van der Waals surface area contributed by atoms with Crippen LogP contribution in [0, 0.1) is 17.8 Å². The van der Waals surface area contributed by atoms with E-state index in [1.165, 1.54) is 25.7 Å². The van der Waals surface area contributed by atoms with E-state index in [2.05, 4.69) is 16.2 Å². The van der Waals surface area contributed by atoms with Crippen molar-refractivity contribution in [1.29, 1.82) is 0 Å². The van der Waals surface area contributed by atoms with Gasteiger partial charge in [0.2, 0.25) is 12.7 Å². The van der Waals surface area contributed by atoms with Gasteiger partial charge >= 0.3 is 0 Å². The van der Waals surface area contributed by atoms with Gasteiger partial charge in [0.25, 0.3) is 0 Å². The lowest BCUT2D eigenvalue weighted by Gasteiger charge is -2.21. The van der Waals surface area contributed by atoms with Crippen molar-refractivity contribution >= 4 is 23.2 Å². The molecule has 2 saturated carbocycles. The summed E-state index contributed by atoms with van der Waals surface area (Å²) in [7, 11) is 0. The first-order valence-corrected chi connectivity index (χ1v) is 9.29. The van der Waals surface area contributed by atoms with E-state index < -0.39 is 0 Å². The number of fused-ring (bicyclic) bond motifs is 3. The highest BCUT2D eigenvalue weighted by molar-refractivity contribution is 7.80. The summed E-state index contributed by atoms with van der Waals surface area (Å²) < 4.78 is 10.6. The first kappa shape index (κ1) is 16.4. The minimum Gasteiger partial charge on any atom is -0.454 e. The van der Waals surface area contributed by atoms with Crippen molar-refractivity contribution in [3.63, 3.8) is 0 Å². The molecule has 3 atom stereocenters. The van der Waals surface area contributed by atoms with Crippen LogP contribution in [0.5, 0.6) is 11.5 Å². The Labute approximate surface area is 152 Å². The van der Waals surface area contributed by atoms with Gasteiger partial charge in [-0.05, 0) is 66.9 Å². The number of carbonyl (C=O) groups is 1. The third kappa shape index (κ3) is 3.81. The Hall–Kier alpha value is -2.02. The van der Waals surface area contributed by atoms with Crippen LogP contribution in [0.4, 0.5) is 0 Å². The number of thiocarbonyl (C=S) groups is 1. The molecule has 25 heavy (non-hydrogen) atoms. The molecule has 7 heteroatoms. The van der Waals surface area contributed by atoms with Gasteiger partial charge < -0.3 is 14.8 Å². The number of ether oxygens (including phenoxy) is 2. The molecular weight excluding hydrogens is 338 g/mol. The van der Waals surface area contributed by atoms with Crippen molar-refractivity contribution in [2.45, 2.75) is 38.6 Å². The van der Waals surface area contributed by atoms with Gasteiger partial charge in [-0.15, -0.1) is 0 Å². The average Bonchev–Trinajstić information content (AvgIpc) is 3.33. The smallest absolute Gasteiger partial charge is 0.238 e. The van der Waals surface area contributed by atoms with Crippen LogP contribution in [0.3, 0.4) is 0 Å². The summed E-state index contributed by atoms with van der Waals surface area (Å²) in [5.74, 6) is 3.70. The predicted molar refractivity (Wildman–Crippen MR) is 96.8 cm³/mol. The lowest BCUT2D eigenvalue weighted by atomic mass is 9.86. The predicted octanol–water partition coefficient (Wildman–Crippen LogP) is 2.24. The summed E-state index contributed by atoms with van der Waals surface area (Å²) in [6.07, 6.45) is 5.78. The minimum absolute atomic E-state index is 0.0183. The summed E-state index contributed by atoms with van der Waals surface area (Å²) in [5, 5.41) is 3.48. The number of amides is 1. The molecule has 1 aromatic carbocycles. The van der Waals surface area contributed by atoms with Gasteiger partial charge in [0.05, 0.1) is 0 Å². The Bertz CT molecular complexity index is 682. The molecule has 0 radical (unpaired) electrons. The largest absolute Gasteiger partial charge is 0.454 e. The topological polar surface area (TPSA) is 71.6 Å². The number of hydrogen-bond donors (Lipinski definition) is 3. The number of hydrazine groups is 1. The molecule has 0 saturated heterocycles. The zero-order valence-electron chi connectivity index (χ0n) is 14.0. The molecule has 1 aromatic rings. The number of benzene rings is 1. The van der Waals surface area contributed by atoms with Crippen LogP contribution in [-0.4, -0.2) is 17.8 Å². The molecule has 0 spiro atoms. The summed E-state index contributed by atoms with van der Waals surface area (Å²) >= 11 is 5.21. The molecule has 134 valence electrons. The van der Waals surface area contributed by atoms with Crippen LogP contribution < -0.4 is 25.6 Å². The highest BCUT2D eigenvalue weighted by Crippen LogP contribution is 2.49. The zero-order valence-corrected chi connectivity index (χ0v) is 14.9. The summed E-state index contributed by atoms with van der Waals surface area (Å²) in [6.45, 7) is 0.811. The maximum atomic E-state index is 12.1. The zero-order chi connectivity index (χ0) is 17.2. The Kier molecular flexibility index (Phi) is 4.65. The van der Waals surface area contributed by atoms with Gasteiger partial charge in [0.1, 0.15) is 0 Å². The maximum absolute atomic E-state index is 12.1. The Morgan fingerprint density at radius 3 is 2.84 bits per heavy atom. The molecule has 3 unspecified atom stereocenters. The van der Waals surface area contributed by atoms with Crippen LogP contribution in [0.2, 0.25) is 0 Å². The van der Waals surface area contributed by atoms with E-state index in [-0.39, 0.29) is 12.7 Å². The Morgan fingerprint density at radius 1 is 1.16 bits per heavy atom. The van der Waals surface area contributed by atoms with Gasteiger partial charge in [0.15, 0.2) is 16.6 Å². The first-order chi connectivity index (χ1) is 12.2. The highest BCUT2D eigenvalue weighted by Gasteiger charge is 2.40. The molecule has 3 N–H and O–H groups in total. The highest BCUT2D eigenvalue weighted by atomic mass is 32.1. The van der Waals surface area contributed by atoms with Gasteiger partial charge in [0, 0.05) is 13.0 Å². The molecule has 1 heterocycles. The fourth-order valence-corrected chi connectivity index (χ4v) is 4.44. The number of carbonyl (C=O) groups excluding carboxylic acids is 1. The lowest BCUT2D eigenvalue weighted by Crippen LogP contribution is -2.47. The molecule has 1 aliphatic heterocycles. The molecule has 2 fully saturated rings. The van der Waals surface area contributed by atoms with Crippen LogP contribution in [-0.2, 0) is 11.3 Å². The van der Waals surface area contributed by atoms with E-state index in [0.717, 1.165) is 28.9 Å². The fourth-order valence-electron chi connectivity index (χ4n) is 4.32. The normalized spacial score (nSPS) is 25.7. The fraction of sp³-hybridized carbons (Fsp3) is 0.556. The standard InChI is InChI=1S/C18H23N3O3S/c22-17(8-14-6-11-1-3-13(14)5-11)20-21-18(25)19-9-12-2-4-15-16(7-12)24-10-23-15/h2,4,7,11,13-14H,1,3,5-6,8-10H2,(H,20,22)(H2,19,21,25). The molecule has 6 nitrogen and oxygen atoms in total. The van der Waals surface area contributed by atoms with E-state index in [9.17, 15) is 4.79 Å². The van der Waals surface area contributed by atoms with Gasteiger partial charge in [-0.3, -0.25) is 15.6 Å². The van der Waals surface area contributed by atoms with E-state index >= 15 is 0 Å². The molecule has 1 amide bonds. The van der Waals surface area contributed by atoms with Crippen molar-refractivity contribution in [2.24, 2.45) is 17.8 Å². The van der Waals surface area contributed by atoms with Crippen LogP contribution in [0.25, 0.3) is 0 Å². The van der Waals surface area contributed by atoms with Crippen LogP contribution >= 0.6 is 12.2 Å². The van der Waals surface area contributed by atoms with E-state index in [4.69, 9.17) is 21.7 Å². The monoisotopic (exact) mass is 361 g/mol. The number of hydrogen-bond acceptors (Lipinski definition) is 4. The van der Waals surface area contributed by atoms with Gasteiger partial charge in [-0.2, -0.15) is 0 Å². The van der Waals surface area contributed by atoms with Crippen molar-refractivity contribution < 1.29 is 14.3 Å². The summed E-state index contributed by atoms with van der Waals surface area (Å²) in [4.78, 5) is 12.1. The third-order valence-corrected chi connectivity index (χ3v) is 5.78. The number of rotatable bonds is 4. The van der Waals surface area contributed by atoms with Gasteiger partial charge in [-0.25, -0.2) is 0 Å². The second-order valence-electron chi connectivity index (χ2n) is 7.18. The first-order valence-electron chi connectivity index (χ1n) is 8.88.